The van der Waals surface area contributed by atoms with E-state index in [1.165, 1.54) is 18.6 Å². The Kier molecular flexibility index (Phi) is 13.8. The summed E-state index contributed by atoms with van der Waals surface area (Å²) in [5.74, 6) is -3.77. The number of piperazine rings is 1. The van der Waals surface area contributed by atoms with Crippen molar-refractivity contribution in [3.63, 3.8) is 0 Å². The number of halogens is 1. The summed E-state index contributed by atoms with van der Waals surface area (Å²) in [4.78, 5) is 92.5. The molecule has 1 aromatic heterocycles. The molecule has 1 aromatic carbocycles. The second-order valence-corrected chi connectivity index (χ2v) is 16.4. The van der Waals surface area contributed by atoms with Crippen LogP contribution in [0.25, 0.3) is 0 Å². The average Bonchev–Trinajstić information content (AvgIpc) is 3.13. The van der Waals surface area contributed by atoms with E-state index in [-0.39, 0.29) is 36.5 Å². The summed E-state index contributed by atoms with van der Waals surface area (Å²) in [6.45, 7) is 6.41. The third kappa shape index (κ3) is 10.6. The molecule has 14 nitrogen and oxygen atoms in total. The van der Waals surface area contributed by atoms with Crippen molar-refractivity contribution in [2.75, 3.05) is 19.6 Å². The predicted molar refractivity (Wildman–Crippen MR) is 202 cm³/mol. The van der Waals surface area contributed by atoms with E-state index >= 15 is 0 Å². The number of benzene rings is 1. The minimum atomic E-state index is -1.11. The van der Waals surface area contributed by atoms with E-state index in [0.29, 0.717) is 24.5 Å². The number of nitrogens with one attached hydrogen (secondary N) is 3. The first-order chi connectivity index (χ1) is 25.7. The van der Waals surface area contributed by atoms with Crippen molar-refractivity contribution in [3.05, 3.63) is 59.1 Å². The molecule has 292 valence electrons. The van der Waals surface area contributed by atoms with Crippen molar-refractivity contribution in [2.24, 2.45) is 23.0 Å². The van der Waals surface area contributed by atoms with Crippen LogP contribution in [-0.2, 0) is 30.5 Å². The number of hydrogen-bond donors (Lipinski definition) is 4. The highest BCUT2D eigenvalue weighted by Gasteiger charge is 2.43. The fourth-order valence-electron chi connectivity index (χ4n) is 7.62. The maximum absolute atomic E-state index is 14.5. The van der Waals surface area contributed by atoms with Gasteiger partial charge in [-0.05, 0) is 54.2 Å². The number of aromatic nitrogens is 2. The number of nitrogens with two attached hydrogens (primary N) is 1. The topological polar surface area (TPSA) is 197 Å². The molecule has 0 bridgehead atoms. The molecule has 2 saturated carbocycles. The molecular formula is C39H53ClN8O6. The molecule has 0 radical (unpaired) electrons. The quantitative estimate of drug-likeness (QED) is 0.209. The Hall–Kier alpha value is -4.43. The lowest BCUT2D eigenvalue weighted by molar-refractivity contribution is -0.145. The summed E-state index contributed by atoms with van der Waals surface area (Å²) >= 11 is 6.28. The summed E-state index contributed by atoms with van der Waals surface area (Å²) in [6, 6.07) is 3.40. The highest BCUT2D eigenvalue weighted by molar-refractivity contribution is 6.37. The normalized spacial score (nSPS) is 20.1. The van der Waals surface area contributed by atoms with Gasteiger partial charge in [-0.1, -0.05) is 83.0 Å². The third-order valence-corrected chi connectivity index (χ3v) is 11.2. The number of carbonyl (C=O) groups excluding carboxylic acids is 6. The monoisotopic (exact) mass is 764 g/mol. The lowest BCUT2D eigenvalue weighted by Gasteiger charge is -2.44. The molecule has 0 spiro atoms. The molecule has 2 aromatic rings. The molecule has 3 fully saturated rings. The van der Waals surface area contributed by atoms with Crippen LogP contribution in [0.1, 0.15) is 94.6 Å². The van der Waals surface area contributed by atoms with Crippen LogP contribution in [0, 0.1) is 17.3 Å². The molecule has 3 aliphatic rings. The van der Waals surface area contributed by atoms with Crippen LogP contribution in [0.5, 0.6) is 0 Å². The minimum Gasteiger partial charge on any atom is -0.363 e. The van der Waals surface area contributed by atoms with Crippen molar-refractivity contribution in [1.82, 2.24) is 35.7 Å². The predicted octanol–water partition coefficient (Wildman–Crippen LogP) is 2.78. The van der Waals surface area contributed by atoms with E-state index in [2.05, 4.69) is 25.9 Å². The molecule has 5 rings (SSSR count). The van der Waals surface area contributed by atoms with Gasteiger partial charge in [-0.3, -0.25) is 38.7 Å². The van der Waals surface area contributed by atoms with Gasteiger partial charge in [-0.2, -0.15) is 0 Å². The van der Waals surface area contributed by atoms with Crippen LogP contribution < -0.4 is 21.7 Å². The Morgan fingerprint density at radius 1 is 0.944 bits per heavy atom. The molecule has 1 aliphatic heterocycles. The van der Waals surface area contributed by atoms with Gasteiger partial charge < -0.3 is 26.6 Å². The number of Topliss-reactive ketones (excluding diaryl/α,β-unsaturated/α-hetero) is 1. The molecule has 2 heterocycles. The number of carbonyl (C=O) groups is 6. The van der Waals surface area contributed by atoms with Gasteiger partial charge >= 0.3 is 0 Å². The molecular weight excluding hydrogens is 712 g/mol. The van der Waals surface area contributed by atoms with Gasteiger partial charge in [0.15, 0.2) is 0 Å². The zero-order valence-corrected chi connectivity index (χ0v) is 32.1. The summed E-state index contributed by atoms with van der Waals surface area (Å²) in [6.07, 6.45) is 11.7. The highest BCUT2D eigenvalue weighted by Crippen LogP contribution is 2.31. The van der Waals surface area contributed by atoms with E-state index in [4.69, 9.17) is 17.3 Å². The number of primary amides is 1. The SMILES string of the molecule is CC(C)(C)[C@H](NC(=O)[C@@H](NC(=O)c1cnccn1)C1CCCCC1)C(=O)N1CCN(Cc2cccc(Cl)c2)[C@@H](C(=O)NC(CC2CCC2)C(=O)C(N)=O)C1. The molecule has 54 heavy (non-hydrogen) atoms. The standard InChI is InChI=1S/C39H53ClN8O6/c1-39(2,3)33(46-37(53)31(26-12-5-4-6-13-26)45-35(51)29-21-42-15-16-43-29)38(54)48-18-17-47(22-25-11-8-14-27(40)19-25)30(23-48)36(52)44-28(32(49)34(41)50)20-24-9-7-10-24/h8,11,14-16,19,21,24,26,28,30-31,33H,4-7,9-10,12-13,17-18,20,22-23H2,1-3H3,(H2,41,50)(H,44,52)(H,45,51)(H,46,53)/t28?,30-,31+,33-/m1/s1. The zero-order valence-electron chi connectivity index (χ0n) is 31.4. The highest BCUT2D eigenvalue weighted by atomic mass is 35.5. The fourth-order valence-corrected chi connectivity index (χ4v) is 7.83. The maximum Gasteiger partial charge on any atom is 0.287 e. The number of ketones is 1. The second kappa shape index (κ2) is 18.3. The average molecular weight is 765 g/mol. The lowest BCUT2D eigenvalue weighted by Crippen LogP contribution is -2.65. The Balaban J connectivity index is 1.37. The Labute approximate surface area is 321 Å². The second-order valence-electron chi connectivity index (χ2n) is 16.0. The third-order valence-electron chi connectivity index (χ3n) is 10.9. The van der Waals surface area contributed by atoms with Crippen LogP contribution in [0.2, 0.25) is 5.02 Å². The van der Waals surface area contributed by atoms with E-state index < -0.39 is 59.0 Å². The molecule has 1 unspecified atom stereocenters. The molecule has 4 atom stereocenters. The van der Waals surface area contributed by atoms with E-state index in [1.54, 1.807) is 17.0 Å². The summed E-state index contributed by atoms with van der Waals surface area (Å²) < 4.78 is 0. The van der Waals surface area contributed by atoms with Crippen molar-refractivity contribution in [2.45, 2.75) is 109 Å². The van der Waals surface area contributed by atoms with Crippen molar-refractivity contribution in [3.8, 4) is 0 Å². The van der Waals surface area contributed by atoms with Gasteiger partial charge in [0.05, 0.1) is 12.2 Å². The Morgan fingerprint density at radius 3 is 2.30 bits per heavy atom. The summed E-state index contributed by atoms with van der Waals surface area (Å²) in [5, 5.41) is 9.23. The smallest absolute Gasteiger partial charge is 0.287 e. The maximum atomic E-state index is 14.5. The summed E-state index contributed by atoms with van der Waals surface area (Å²) in [7, 11) is 0. The van der Waals surface area contributed by atoms with E-state index in [9.17, 15) is 28.8 Å². The minimum absolute atomic E-state index is 0.0376. The lowest BCUT2D eigenvalue weighted by atomic mass is 9.80. The van der Waals surface area contributed by atoms with Crippen LogP contribution in [0.15, 0.2) is 42.9 Å². The molecule has 2 aliphatic carbocycles. The van der Waals surface area contributed by atoms with E-state index in [1.807, 2.05) is 37.8 Å². The number of amides is 5. The molecule has 15 heteroatoms. The van der Waals surface area contributed by atoms with Crippen LogP contribution in [0.3, 0.4) is 0 Å². The van der Waals surface area contributed by atoms with Gasteiger partial charge in [0.2, 0.25) is 23.5 Å². The number of nitrogens with zero attached hydrogens (tertiary/aromatic N) is 4. The largest absolute Gasteiger partial charge is 0.363 e. The molecule has 5 amide bonds. The van der Waals surface area contributed by atoms with E-state index in [0.717, 1.165) is 56.9 Å². The van der Waals surface area contributed by atoms with Crippen LogP contribution in [-0.4, -0.2) is 98.9 Å². The first-order valence-electron chi connectivity index (χ1n) is 19.0. The zero-order chi connectivity index (χ0) is 39.0. The number of rotatable bonds is 14. The van der Waals surface area contributed by atoms with Gasteiger partial charge in [0.1, 0.15) is 23.8 Å². The van der Waals surface area contributed by atoms with Crippen molar-refractivity contribution < 1.29 is 28.8 Å². The van der Waals surface area contributed by atoms with Gasteiger partial charge in [-0.25, -0.2) is 4.98 Å². The van der Waals surface area contributed by atoms with Crippen molar-refractivity contribution in [1.29, 1.82) is 0 Å². The summed E-state index contributed by atoms with van der Waals surface area (Å²) in [5.41, 5.74) is 5.58. The van der Waals surface area contributed by atoms with Crippen LogP contribution in [0.4, 0.5) is 0 Å². The Bertz CT molecular complexity index is 1680. The Morgan fingerprint density at radius 2 is 1.69 bits per heavy atom. The molecule has 1 saturated heterocycles. The van der Waals surface area contributed by atoms with Gasteiger partial charge in [-0.15, -0.1) is 0 Å². The van der Waals surface area contributed by atoms with Gasteiger partial charge in [0.25, 0.3) is 11.8 Å². The molecule has 5 N–H and O–H groups in total. The number of hydrogen-bond acceptors (Lipinski definition) is 9. The first kappa shape index (κ1) is 40.7. The fraction of sp³-hybridized carbons (Fsp3) is 0.590. The first-order valence-corrected chi connectivity index (χ1v) is 19.4. The van der Waals surface area contributed by atoms with Crippen molar-refractivity contribution >= 4 is 46.9 Å². The van der Waals surface area contributed by atoms with Gasteiger partial charge in [0, 0.05) is 43.6 Å². The van der Waals surface area contributed by atoms with Crippen LogP contribution >= 0.6 is 11.6 Å².